The smallest absolute Gasteiger partial charge is 0.320 e. The molecule has 6 N–H and O–H groups in total. The van der Waals surface area contributed by atoms with E-state index in [0.717, 1.165) is 0 Å². The van der Waals surface area contributed by atoms with Crippen LogP contribution in [0.1, 0.15) is 6.42 Å². The molecule has 0 amide bonds. The van der Waals surface area contributed by atoms with Crippen molar-refractivity contribution in [1.29, 1.82) is 0 Å². The topological polar surface area (TPSA) is 133 Å². The summed E-state index contributed by atoms with van der Waals surface area (Å²) in [7, 11) is 0. The molecule has 0 aromatic carbocycles. The fraction of sp³-hybridized carbons (Fsp3) is 0.889. The molecule has 1 fully saturated rings. The van der Waals surface area contributed by atoms with Gasteiger partial charge in [0, 0.05) is 0 Å². The van der Waals surface area contributed by atoms with E-state index in [1.54, 1.807) is 0 Å². The minimum atomic E-state index is -1.24. The highest BCUT2D eigenvalue weighted by molar-refractivity contribution is 7.99. The summed E-state index contributed by atoms with van der Waals surface area (Å²) in [4.78, 5) is 10.5. The maximum Gasteiger partial charge on any atom is 0.320 e. The van der Waals surface area contributed by atoms with Crippen LogP contribution in [-0.4, -0.2) is 68.5 Å². The lowest BCUT2D eigenvalue weighted by Crippen LogP contribution is -2.51. The number of carboxylic acids is 1. The third-order valence-electron chi connectivity index (χ3n) is 2.48. The van der Waals surface area contributed by atoms with Crippen LogP contribution in [0, 0.1) is 0 Å². The summed E-state index contributed by atoms with van der Waals surface area (Å²) in [5.74, 6) is -0.691. The zero-order valence-corrected chi connectivity index (χ0v) is 9.92. The summed E-state index contributed by atoms with van der Waals surface area (Å²) < 4.78 is 5.13. The van der Waals surface area contributed by atoms with Gasteiger partial charge in [0.1, 0.15) is 29.8 Å². The predicted molar refractivity (Wildman–Crippen MR) is 60.4 cm³/mol. The Hall–Kier alpha value is -0.380. The number of carboxylic acid groups (broad SMARTS) is 1. The fourth-order valence-corrected chi connectivity index (χ4v) is 2.52. The zero-order chi connectivity index (χ0) is 13.0. The van der Waals surface area contributed by atoms with E-state index in [4.69, 9.17) is 15.6 Å². The molecule has 0 saturated carbocycles. The monoisotopic (exact) mass is 267 g/mol. The standard InChI is InChI=1S/C9H17NO6S/c10-4(8(14)15)1-2-17-9-7(13)6(12)5(11)3-16-9/h4-7,9,11-13H,1-3,10H2,(H,14,15)/t4-,5+,6+,7+,9?/m0/s1. The zero-order valence-electron chi connectivity index (χ0n) is 9.10. The van der Waals surface area contributed by atoms with Gasteiger partial charge >= 0.3 is 5.97 Å². The molecule has 0 bridgehead atoms. The number of hydrogen-bond donors (Lipinski definition) is 5. The van der Waals surface area contributed by atoms with Gasteiger partial charge in [0.05, 0.1) is 6.61 Å². The van der Waals surface area contributed by atoms with Gasteiger partial charge in [-0.05, 0) is 12.2 Å². The van der Waals surface area contributed by atoms with Gasteiger partial charge in [-0.1, -0.05) is 0 Å². The van der Waals surface area contributed by atoms with Gasteiger partial charge in [0.2, 0.25) is 0 Å². The summed E-state index contributed by atoms with van der Waals surface area (Å²) in [6.07, 6.45) is -3.28. The summed E-state index contributed by atoms with van der Waals surface area (Å²) in [6, 6.07) is -0.946. The number of hydrogen-bond acceptors (Lipinski definition) is 7. The highest BCUT2D eigenvalue weighted by Crippen LogP contribution is 2.25. The summed E-state index contributed by atoms with van der Waals surface area (Å²) >= 11 is 1.17. The van der Waals surface area contributed by atoms with E-state index in [1.165, 1.54) is 11.8 Å². The number of aliphatic hydroxyl groups excluding tert-OH is 3. The van der Waals surface area contributed by atoms with Crippen LogP contribution in [0.5, 0.6) is 0 Å². The lowest BCUT2D eigenvalue weighted by atomic mass is 10.1. The average molecular weight is 267 g/mol. The minimum absolute atomic E-state index is 0.0547. The van der Waals surface area contributed by atoms with E-state index >= 15 is 0 Å². The van der Waals surface area contributed by atoms with E-state index in [0.29, 0.717) is 5.75 Å². The Kier molecular flexibility index (Phi) is 5.63. The van der Waals surface area contributed by atoms with Crippen LogP contribution >= 0.6 is 11.8 Å². The maximum atomic E-state index is 10.5. The van der Waals surface area contributed by atoms with E-state index in [9.17, 15) is 20.1 Å². The SMILES string of the molecule is N[C@@H](CCSC1OC[C@@H](O)[C@@H](O)[C@H]1O)C(=O)O. The first kappa shape index (κ1) is 14.7. The molecule has 7 nitrogen and oxygen atoms in total. The molecule has 0 aromatic rings. The van der Waals surface area contributed by atoms with E-state index in [1.807, 2.05) is 0 Å². The first-order valence-corrected chi connectivity index (χ1v) is 6.24. The van der Waals surface area contributed by atoms with Gasteiger partial charge < -0.3 is 30.9 Å². The Balaban J connectivity index is 2.30. The minimum Gasteiger partial charge on any atom is -0.480 e. The second-order valence-corrected chi connectivity index (χ2v) is 5.06. The van der Waals surface area contributed by atoms with Gasteiger partial charge in [-0.25, -0.2) is 0 Å². The second kappa shape index (κ2) is 6.53. The van der Waals surface area contributed by atoms with Crippen molar-refractivity contribution in [2.45, 2.75) is 36.2 Å². The van der Waals surface area contributed by atoms with Crippen LogP contribution in [-0.2, 0) is 9.53 Å². The summed E-state index contributed by atoms with van der Waals surface area (Å²) in [5.41, 5.74) is 4.64. The van der Waals surface area contributed by atoms with Crippen molar-refractivity contribution in [3.8, 4) is 0 Å². The van der Waals surface area contributed by atoms with Crippen LogP contribution < -0.4 is 5.73 Å². The Bertz CT molecular complexity index is 266. The van der Waals surface area contributed by atoms with Crippen LogP contribution in [0.3, 0.4) is 0 Å². The summed E-state index contributed by atoms with van der Waals surface area (Å²) in [6.45, 7) is -0.0547. The molecule has 0 aliphatic carbocycles. The molecule has 0 radical (unpaired) electrons. The van der Waals surface area contributed by atoms with Gasteiger partial charge in [-0.15, -0.1) is 11.8 Å². The number of carbonyl (C=O) groups is 1. The third-order valence-corrected chi connectivity index (χ3v) is 3.70. The Morgan fingerprint density at radius 3 is 2.65 bits per heavy atom. The highest BCUT2D eigenvalue weighted by Gasteiger charge is 2.37. The number of thioether (sulfide) groups is 1. The Morgan fingerprint density at radius 2 is 2.06 bits per heavy atom. The second-order valence-electron chi connectivity index (χ2n) is 3.85. The largest absolute Gasteiger partial charge is 0.480 e. The lowest BCUT2D eigenvalue weighted by Gasteiger charge is -2.34. The van der Waals surface area contributed by atoms with Gasteiger partial charge in [-0.3, -0.25) is 4.79 Å². The number of ether oxygens (including phenoxy) is 1. The Labute approximate surface area is 103 Å². The quantitative estimate of drug-likeness (QED) is 0.385. The normalized spacial score (nSPS) is 35.5. The van der Waals surface area contributed by atoms with E-state index in [-0.39, 0.29) is 13.0 Å². The molecule has 1 saturated heterocycles. The van der Waals surface area contributed by atoms with Crippen LogP contribution in [0.4, 0.5) is 0 Å². The maximum absolute atomic E-state index is 10.5. The molecule has 0 aromatic heterocycles. The fourth-order valence-electron chi connectivity index (χ4n) is 1.36. The molecule has 8 heteroatoms. The van der Waals surface area contributed by atoms with Gasteiger partial charge in [0.25, 0.3) is 0 Å². The lowest BCUT2D eigenvalue weighted by molar-refractivity contribution is -0.161. The van der Waals surface area contributed by atoms with Crippen LogP contribution in [0.15, 0.2) is 0 Å². The average Bonchev–Trinajstić information content (AvgIpc) is 2.28. The molecule has 1 unspecified atom stereocenters. The van der Waals surface area contributed by atoms with Crippen molar-refractivity contribution in [2.24, 2.45) is 5.73 Å². The number of aliphatic hydroxyl groups is 3. The first-order chi connectivity index (χ1) is 7.93. The molecule has 1 heterocycles. The van der Waals surface area contributed by atoms with Crippen molar-refractivity contribution < 1.29 is 30.0 Å². The predicted octanol–water partition coefficient (Wildman–Crippen LogP) is -2.04. The van der Waals surface area contributed by atoms with Crippen molar-refractivity contribution >= 4 is 17.7 Å². The van der Waals surface area contributed by atoms with Crippen molar-refractivity contribution in [3.05, 3.63) is 0 Å². The van der Waals surface area contributed by atoms with Crippen molar-refractivity contribution in [2.75, 3.05) is 12.4 Å². The number of aliphatic carboxylic acids is 1. The molecular weight excluding hydrogens is 250 g/mol. The molecule has 1 aliphatic heterocycles. The van der Waals surface area contributed by atoms with Crippen molar-refractivity contribution in [3.63, 3.8) is 0 Å². The molecule has 100 valence electrons. The van der Waals surface area contributed by atoms with E-state index in [2.05, 4.69) is 0 Å². The van der Waals surface area contributed by atoms with Crippen LogP contribution in [0.2, 0.25) is 0 Å². The van der Waals surface area contributed by atoms with Gasteiger partial charge in [0.15, 0.2) is 0 Å². The number of nitrogens with two attached hydrogens (primary N) is 1. The third kappa shape index (κ3) is 4.09. The van der Waals surface area contributed by atoms with Crippen LogP contribution in [0.25, 0.3) is 0 Å². The van der Waals surface area contributed by atoms with Gasteiger partial charge in [-0.2, -0.15) is 0 Å². The molecule has 5 atom stereocenters. The molecule has 1 aliphatic rings. The first-order valence-electron chi connectivity index (χ1n) is 5.19. The van der Waals surface area contributed by atoms with E-state index < -0.39 is 35.8 Å². The Morgan fingerprint density at radius 1 is 1.41 bits per heavy atom. The molecule has 17 heavy (non-hydrogen) atoms. The molecule has 1 rings (SSSR count). The molecular formula is C9H17NO6S. The van der Waals surface area contributed by atoms with Crippen molar-refractivity contribution in [1.82, 2.24) is 0 Å². The number of rotatable bonds is 5. The molecule has 0 spiro atoms. The highest BCUT2D eigenvalue weighted by atomic mass is 32.2. The summed E-state index contributed by atoms with van der Waals surface area (Å²) in [5, 5.41) is 36.8.